The van der Waals surface area contributed by atoms with Crippen LogP contribution in [0.25, 0.3) is 11.1 Å². The topological polar surface area (TPSA) is 78.3 Å². The van der Waals surface area contributed by atoms with E-state index in [2.05, 4.69) is 10.3 Å². The fourth-order valence-corrected chi connectivity index (χ4v) is 2.31. The first-order valence-corrected chi connectivity index (χ1v) is 7.20. The summed E-state index contributed by atoms with van der Waals surface area (Å²) in [7, 11) is 3.85. The number of oxazole rings is 1. The van der Waals surface area contributed by atoms with Gasteiger partial charge in [-0.25, -0.2) is 4.79 Å². The molecule has 6 nitrogen and oxygen atoms in total. The van der Waals surface area contributed by atoms with Gasteiger partial charge in [0.25, 0.3) is 5.91 Å². The molecule has 6 heteroatoms. The van der Waals surface area contributed by atoms with Crippen LogP contribution in [0.3, 0.4) is 0 Å². The van der Waals surface area contributed by atoms with E-state index in [9.17, 15) is 9.59 Å². The predicted molar refractivity (Wildman–Crippen MR) is 88.8 cm³/mol. The van der Waals surface area contributed by atoms with E-state index in [1.165, 1.54) is 0 Å². The Labute approximate surface area is 132 Å². The Kier molecular flexibility index (Phi) is 3.89. The standard InChI is InChI=1S/C17H17N3O3/c1-20(2)13-5-3-4-12(9-13)16(21)18-10-11-6-7-14-15(8-11)23-17(22)19-14/h3-9H,10H2,1-2H3,(H,18,21)(H,19,22). The van der Waals surface area contributed by atoms with Crippen LogP contribution in [0.1, 0.15) is 15.9 Å². The van der Waals surface area contributed by atoms with Crippen molar-refractivity contribution in [3.8, 4) is 0 Å². The molecule has 3 rings (SSSR count). The van der Waals surface area contributed by atoms with Gasteiger partial charge in [0.1, 0.15) is 0 Å². The van der Waals surface area contributed by atoms with Crippen molar-refractivity contribution in [2.75, 3.05) is 19.0 Å². The van der Waals surface area contributed by atoms with Crippen molar-refractivity contribution in [2.45, 2.75) is 6.54 Å². The third kappa shape index (κ3) is 3.26. The summed E-state index contributed by atoms with van der Waals surface area (Å²) in [5.41, 5.74) is 3.55. The van der Waals surface area contributed by atoms with E-state index in [0.29, 0.717) is 23.2 Å². The van der Waals surface area contributed by atoms with Crippen molar-refractivity contribution in [3.05, 3.63) is 64.1 Å². The lowest BCUT2D eigenvalue weighted by molar-refractivity contribution is 0.0951. The summed E-state index contributed by atoms with van der Waals surface area (Å²) < 4.78 is 5.01. The van der Waals surface area contributed by atoms with Gasteiger partial charge in [-0.15, -0.1) is 0 Å². The molecule has 0 spiro atoms. The monoisotopic (exact) mass is 311 g/mol. The minimum atomic E-state index is -0.485. The minimum absolute atomic E-state index is 0.149. The van der Waals surface area contributed by atoms with Crippen LogP contribution in [-0.2, 0) is 6.54 Å². The number of fused-ring (bicyclic) bond motifs is 1. The summed E-state index contributed by atoms with van der Waals surface area (Å²) in [5, 5.41) is 2.87. The van der Waals surface area contributed by atoms with Crippen molar-refractivity contribution in [3.63, 3.8) is 0 Å². The van der Waals surface area contributed by atoms with Crippen LogP contribution >= 0.6 is 0 Å². The van der Waals surface area contributed by atoms with Crippen molar-refractivity contribution in [1.29, 1.82) is 0 Å². The van der Waals surface area contributed by atoms with Gasteiger partial charge < -0.3 is 14.6 Å². The molecule has 118 valence electrons. The zero-order valence-electron chi connectivity index (χ0n) is 12.9. The number of anilines is 1. The average molecular weight is 311 g/mol. The van der Waals surface area contributed by atoms with E-state index in [4.69, 9.17) is 4.42 Å². The van der Waals surface area contributed by atoms with Gasteiger partial charge in [0.2, 0.25) is 0 Å². The smallest absolute Gasteiger partial charge is 0.408 e. The number of nitrogens with zero attached hydrogens (tertiary/aromatic N) is 1. The Morgan fingerprint density at radius 2 is 2.04 bits per heavy atom. The van der Waals surface area contributed by atoms with Gasteiger partial charge in [0.15, 0.2) is 5.58 Å². The highest BCUT2D eigenvalue weighted by Crippen LogP contribution is 2.14. The van der Waals surface area contributed by atoms with Crippen LogP contribution < -0.4 is 16.0 Å². The summed E-state index contributed by atoms with van der Waals surface area (Å²) >= 11 is 0. The molecule has 0 saturated carbocycles. The molecule has 0 aliphatic carbocycles. The second-order valence-electron chi connectivity index (χ2n) is 5.47. The van der Waals surface area contributed by atoms with E-state index >= 15 is 0 Å². The van der Waals surface area contributed by atoms with Crippen molar-refractivity contribution in [2.24, 2.45) is 0 Å². The molecule has 0 saturated heterocycles. The lowest BCUT2D eigenvalue weighted by Gasteiger charge is -2.13. The first-order valence-electron chi connectivity index (χ1n) is 7.20. The van der Waals surface area contributed by atoms with Crippen LogP contribution in [0.2, 0.25) is 0 Å². The number of hydrogen-bond acceptors (Lipinski definition) is 4. The fraction of sp³-hybridized carbons (Fsp3) is 0.176. The summed E-state index contributed by atoms with van der Waals surface area (Å²) in [6.07, 6.45) is 0. The van der Waals surface area contributed by atoms with Crippen LogP contribution in [-0.4, -0.2) is 25.0 Å². The number of carbonyl (C=O) groups excluding carboxylic acids is 1. The number of aromatic amines is 1. The quantitative estimate of drug-likeness (QED) is 0.773. The summed E-state index contributed by atoms with van der Waals surface area (Å²) in [6.45, 7) is 0.357. The summed E-state index contributed by atoms with van der Waals surface area (Å²) in [4.78, 5) is 27.9. The van der Waals surface area contributed by atoms with Crippen LogP contribution in [0, 0.1) is 0 Å². The maximum Gasteiger partial charge on any atom is 0.417 e. The molecule has 0 fully saturated rings. The molecule has 0 bridgehead atoms. The molecule has 0 aliphatic heterocycles. The zero-order chi connectivity index (χ0) is 16.4. The fourth-order valence-electron chi connectivity index (χ4n) is 2.31. The number of aromatic nitrogens is 1. The number of carbonyl (C=O) groups is 1. The van der Waals surface area contributed by atoms with Gasteiger partial charge in [0.05, 0.1) is 5.52 Å². The lowest BCUT2D eigenvalue weighted by atomic mass is 10.1. The molecule has 0 radical (unpaired) electrons. The maximum atomic E-state index is 12.3. The maximum absolute atomic E-state index is 12.3. The van der Waals surface area contributed by atoms with Gasteiger partial charge in [-0.05, 0) is 35.9 Å². The first-order chi connectivity index (χ1) is 11.0. The molecule has 1 heterocycles. The van der Waals surface area contributed by atoms with Crippen molar-refractivity contribution in [1.82, 2.24) is 10.3 Å². The molecule has 1 aromatic heterocycles. The second-order valence-corrected chi connectivity index (χ2v) is 5.47. The highest BCUT2D eigenvalue weighted by Gasteiger charge is 2.08. The highest BCUT2D eigenvalue weighted by molar-refractivity contribution is 5.95. The third-order valence-electron chi connectivity index (χ3n) is 3.56. The third-order valence-corrected chi connectivity index (χ3v) is 3.56. The number of hydrogen-bond donors (Lipinski definition) is 2. The summed E-state index contributed by atoms with van der Waals surface area (Å²) in [5.74, 6) is -0.633. The van der Waals surface area contributed by atoms with E-state index in [0.717, 1.165) is 11.3 Å². The molecule has 2 aromatic carbocycles. The Balaban J connectivity index is 1.72. The summed E-state index contributed by atoms with van der Waals surface area (Å²) in [6, 6.07) is 12.7. The number of nitrogens with one attached hydrogen (secondary N) is 2. The van der Waals surface area contributed by atoms with Crippen LogP contribution in [0.15, 0.2) is 51.7 Å². The van der Waals surface area contributed by atoms with E-state index in [1.54, 1.807) is 18.2 Å². The van der Waals surface area contributed by atoms with E-state index in [1.807, 2.05) is 43.3 Å². The molecule has 2 N–H and O–H groups in total. The van der Waals surface area contributed by atoms with Crippen molar-refractivity contribution < 1.29 is 9.21 Å². The van der Waals surface area contributed by atoms with Gasteiger partial charge in [-0.2, -0.15) is 0 Å². The van der Waals surface area contributed by atoms with Crippen LogP contribution in [0.5, 0.6) is 0 Å². The Bertz CT molecular complexity index is 909. The predicted octanol–water partition coefficient (Wildman–Crippen LogP) is 2.12. The molecule has 0 aliphatic rings. The molecule has 0 atom stereocenters. The van der Waals surface area contributed by atoms with Gasteiger partial charge >= 0.3 is 5.76 Å². The molecule has 0 unspecified atom stereocenters. The average Bonchev–Trinajstić information content (AvgIpc) is 2.91. The largest absolute Gasteiger partial charge is 0.417 e. The normalized spacial score (nSPS) is 10.7. The molecular formula is C17H17N3O3. The number of benzene rings is 2. The van der Waals surface area contributed by atoms with Gasteiger partial charge in [-0.1, -0.05) is 12.1 Å². The Morgan fingerprint density at radius 1 is 1.22 bits per heavy atom. The minimum Gasteiger partial charge on any atom is -0.408 e. The highest BCUT2D eigenvalue weighted by atomic mass is 16.4. The number of H-pyrrole nitrogens is 1. The molecule has 23 heavy (non-hydrogen) atoms. The second kappa shape index (κ2) is 6.00. The number of rotatable bonds is 4. The Hall–Kier alpha value is -3.02. The van der Waals surface area contributed by atoms with E-state index in [-0.39, 0.29) is 5.91 Å². The van der Waals surface area contributed by atoms with Gasteiger partial charge in [0, 0.05) is 31.9 Å². The van der Waals surface area contributed by atoms with E-state index < -0.39 is 5.76 Å². The SMILES string of the molecule is CN(C)c1cccc(C(=O)NCc2ccc3[nH]c(=O)oc3c2)c1. The van der Waals surface area contributed by atoms with Crippen molar-refractivity contribution >= 4 is 22.7 Å². The molecular weight excluding hydrogens is 294 g/mol. The molecule has 3 aromatic rings. The lowest BCUT2D eigenvalue weighted by Crippen LogP contribution is -2.23. The number of amides is 1. The van der Waals surface area contributed by atoms with Crippen LogP contribution in [0.4, 0.5) is 5.69 Å². The zero-order valence-corrected chi connectivity index (χ0v) is 12.9. The molecule has 1 amide bonds. The van der Waals surface area contributed by atoms with Gasteiger partial charge in [-0.3, -0.25) is 9.78 Å². The Morgan fingerprint density at radius 3 is 2.83 bits per heavy atom. The first kappa shape index (κ1) is 14.9.